The molecule has 5 N–H and O–H groups in total. The maximum Gasteiger partial charge on any atom is 0.305 e. The van der Waals surface area contributed by atoms with Gasteiger partial charge in [0, 0.05) is 41.5 Å². The molecule has 0 fully saturated rings. The first kappa shape index (κ1) is 43.2. The molecule has 0 bridgehead atoms. The monoisotopic (exact) mass is 763 g/mol. The summed E-state index contributed by atoms with van der Waals surface area (Å²) in [5, 5.41) is 33.7. The molecule has 0 aromatic heterocycles. The van der Waals surface area contributed by atoms with Gasteiger partial charge in [0.1, 0.15) is 40.3 Å². The van der Waals surface area contributed by atoms with E-state index < -0.39 is 0 Å². The third-order valence-electron chi connectivity index (χ3n) is 8.47. The number of carbonyl (C=O) groups is 3. The number of carbonyl (C=O) groups excluding carboxylic acids is 3. The van der Waals surface area contributed by atoms with Crippen LogP contribution in [-0.4, -0.2) is 86.0 Å². The van der Waals surface area contributed by atoms with E-state index in [0.717, 1.165) is 0 Å². The van der Waals surface area contributed by atoms with Crippen LogP contribution in [-0.2, 0) is 28.6 Å². The highest BCUT2D eigenvalue weighted by molar-refractivity contribution is 6.14. The number of hydrogen-bond acceptors (Lipinski definition) is 13. The number of hydrogen-bond donors (Lipinski definition) is 4. The fourth-order valence-corrected chi connectivity index (χ4v) is 5.14. The molecular formula is C40H49N3O12. The van der Waals surface area contributed by atoms with E-state index in [9.17, 15) is 29.7 Å². The molecule has 0 aliphatic carbocycles. The predicted octanol–water partition coefficient (Wildman–Crippen LogP) is 5.55. The third-order valence-corrected chi connectivity index (χ3v) is 8.47. The molecule has 0 saturated carbocycles. The zero-order valence-corrected chi connectivity index (χ0v) is 32.0. The molecule has 55 heavy (non-hydrogen) atoms. The molecular weight excluding hydrogens is 714 g/mol. The minimum Gasteiger partial charge on any atom is -0.507 e. The molecule has 0 aliphatic rings. The number of nitrogens with zero attached hydrogens (tertiary/aromatic N) is 2. The zero-order chi connectivity index (χ0) is 40.7. The molecule has 0 unspecified atom stereocenters. The molecule has 0 atom stereocenters. The van der Waals surface area contributed by atoms with Crippen LogP contribution in [0.25, 0.3) is 5.70 Å². The fourth-order valence-electron chi connectivity index (χ4n) is 5.14. The van der Waals surface area contributed by atoms with Gasteiger partial charge in [-0.1, -0.05) is 6.58 Å². The van der Waals surface area contributed by atoms with Crippen LogP contribution >= 0.6 is 0 Å². The van der Waals surface area contributed by atoms with Gasteiger partial charge >= 0.3 is 17.9 Å². The van der Waals surface area contributed by atoms with E-state index in [-0.39, 0.29) is 108 Å². The van der Waals surface area contributed by atoms with Gasteiger partial charge < -0.3 is 49.5 Å². The maximum absolute atomic E-state index is 11.5. The average molecular weight is 764 g/mol. The minimum absolute atomic E-state index is 0.0562. The molecule has 0 spiro atoms. The van der Waals surface area contributed by atoms with Crippen LogP contribution in [0.15, 0.2) is 53.0 Å². The topological polar surface area (TPSA) is 218 Å². The van der Waals surface area contributed by atoms with E-state index in [1.807, 2.05) is 0 Å². The van der Waals surface area contributed by atoms with Crippen LogP contribution in [0.5, 0.6) is 34.5 Å². The summed E-state index contributed by atoms with van der Waals surface area (Å²) in [6.07, 6.45) is 1.73. The number of amidine groups is 2. The van der Waals surface area contributed by atoms with Crippen molar-refractivity contribution in [2.45, 2.75) is 59.3 Å². The lowest BCUT2D eigenvalue weighted by Crippen LogP contribution is -2.17. The highest BCUT2D eigenvalue weighted by atomic mass is 16.5. The second-order valence-electron chi connectivity index (χ2n) is 12.2. The van der Waals surface area contributed by atoms with Gasteiger partial charge in [-0.2, -0.15) is 0 Å². The Morgan fingerprint density at radius 2 is 0.927 bits per heavy atom. The van der Waals surface area contributed by atoms with Crippen molar-refractivity contribution in [2.75, 3.05) is 41.2 Å². The van der Waals surface area contributed by atoms with Gasteiger partial charge in [-0.25, -0.2) is 9.98 Å². The zero-order valence-electron chi connectivity index (χ0n) is 32.0. The van der Waals surface area contributed by atoms with Crippen LogP contribution in [0, 0.1) is 20.8 Å². The number of aliphatic imine (C=N–C) groups is 2. The summed E-state index contributed by atoms with van der Waals surface area (Å²) >= 11 is 0. The van der Waals surface area contributed by atoms with Gasteiger partial charge in [0.15, 0.2) is 5.84 Å². The van der Waals surface area contributed by atoms with Gasteiger partial charge in [-0.3, -0.25) is 14.4 Å². The number of benzene rings is 3. The second kappa shape index (κ2) is 20.8. The largest absolute Gasteiger partial charge is 0.507 e. The summed E-state index contributed by atoms with van der Waals surface area (Å²) in [7, 11) is 3.93. The Bertz CT molecular complexity index is 1940. The lowest BCUT2D eigenvalue weighted by molar-refractivity contribution is -0.141. The summed E-state index contributed by atoms with van der Waals surface area (Å²) in [5.41, 5.74) is 8.17. The lowest BCUT2D eigenvalue weighted by atomic mass is 10.0. The Morgan fingerprint density at radius 1 is 0.582 bits per heavy atom. The predicted molar refractivity (Wildman–Crippen MR) is 205 cm³/mol. The summed E-state index contributed by atoms with van der Waals surface area (Å²) in [4.78, 5) is 43.5. The van der Waals surface area contributed by atoms with E-state index in [1.165, 1.54) is 33.5 Å². The van der Waals surface area contributed by atoms with Gasteiger partial charge in [-0.15, -0.1) is 0 Å². The van der Waals surface area contributed by atoms with Crippen LogP contribution in [0.1, 0.15) is 71.9 Å². The van der Waals surface area contributed by atoms with E-state index >= 15 is 0 Å². The molecule has 0 radical (unpaired) electrons. The lowest BCUT2D eigenvalue weighted by Gasteiger charge is -2.16. The molecule has 0 aliphatic heterocycles. The Labute approximate surface area is 320 Å². The smallest absolute Gasteiger partial charge is 0.305 e. The van der Waals surface area contributed by atoms with Gasteiger partial charge in [0.05, 0.1) is 58.0 Å². The fraction of sp³-hybridized carbons (Fsp3) is 0.375. The number of ether oxygens (including phenoxy) is 6. The minimum atomic E-state index is -0.367. The van der Waals surface area contributed by atoms with Crippen molar-refractivity contribution in [3.8, 4) is 34.5 Å². The summed E-state index contributed by atoms with van der Waals surface area (Å²) < 4.78 is 31.3. The van der Waals surface area contributed by atoms with Crippen molar-refractivity contribution < 1.29 is 58.1 Å². The van der Waals surface area contributed by atoms with Crippen molar-refractivity contribution in [1.29, 1.82) is 0 Å². The Hall–Kier alpha value is -6.25. The first-order valence-corrected chi connectivity index (χ1v) is 17.4. The van der Waals surface area contributed by atoms with E-state index in [4.69, 9.17) is 19.9 Å². The van der Waals surface area contributed by atoms with Crippen molar-refractivity contribution in [3.05, 3.63) is 76.4 Å². The molecule has 0 amide bonds. The summed E-state index contributed by atoms with van der Waals surface area (Å²) in [6.45, 7) is 9.57. The highest BCUT2D eigenvalue weighted by Gasteiger charge is 2.20. The number of phenolic OH excluding ortho intramolecular Hbond substituents is 3. The number of rotatable bonds is 19. The molecule has 0 saturated heterocycles. The molecule has 3 aromatic rings. The number of aromatic hydroxyl groups is 3. The molecule has 15 heteroatoms. The van der Waals surface area contributed by atoms with Crippen molar-refractivity contribution >= 4 is 35.3 Å². The summed E-state index contributed by atoms with van der Waals surface area (Å²) in [6, 6.07) is 9.44. The Morgan fingerprint density at radius 3 is 1.33 bits per heavy atom. The van der Waals surface area contributed by atoms with E-state index in [1.54, 1.807) is 45.0 Å². The van der Waals surface area contributed by atoms with Crippen LogP contribution in [0.2, 0.25) is 0 Å². The Balaban J connectivity index is 2.01. The second-order valence-corrected chi connectivity index (χ2v) is 12.2. The summed E-state index contributed by atoms with van der Waals surface area (Å²) in [5.74, 6) is -0.852. The van der Waals surface area contributed by atoms with Crippen LogP contribution in [0.4, 0.5) is 0 Å². The molecule has 296 valence electrons. The number of nitrogens with two attached hydrogens (primary N) is 1. The molecule has 15 nitrogen and oxygen atoms in total. The van der Waals surface area contributed by atoms with Gasteiger partial charge in [-0.05, 0) is 76.4 Å². The molecule has 3 rings (SSSR count). The SMILES string of the molecule is C=C(N=C(N=C(N)c1ccc(OCCCC(=O)OC)c(C)c1O)c1ccc(OCCCC(=O)OC)c(C)c1O)c1ccc(OCCCC(=O)OC)c(C)c1O. The van der Waals surface area contributed by atoms with E-state index in [0.29, 0.717) is 53.2 Å². The highest BCUT2D eigenvalue weighted by Crippen LogP contribution is 2.37. The third kappa shape index (κ3) is 11.9. The van der Waals surface area contributed by atoms with Gasteiger partial charge in [0.2, 0.25) is 0 Å². The normalized spacial score (nSPS) is 11.5. The number of esters is 3. The number of phenols is 3. The van der Waals surface area contributed by atoms with Crippen molar-refractivity contribution in [1.82, 2.24) is 0 Å². The standard InChI is InChI=1S/C40H49N3O12/c1-23-30(53-20-8-11-33(44)50-5)17-14-27(36(23)47)26(4)42-40(29-16-19-32(25(3)38(29)49)55-22-10-13-35(46)52-7)43-39(41)28-15-18-31(24(2)37(28)48)54-21-9-12-34(45)51-6/h14-19,47-49H,4,8-13,20-22H2,1-3,5-7H3,(H2,41,42,43). The molecule has 0 heterocycles. The van der Waals surface area contributed by atoms with E-state index in [2.05, 4.69) is 30.8 Å². The van der Waals surface area contributed by atoms with Crippen molar-refractivity contribution in [3.63, 3.8) is 0 Å². The van der Waals surface area contributed by atoms with Crippen LogP contribution in [0.3, 0.4) is 0 Å². The maximum atomic E-state index is 11.5. The number of methoxy groups -OCH3 is 3. The quantitative estimate of drug-likeness (QED) is 0.0388. The van der Waals surface area contributed by atoms with Gasteiger partial charge in [0.25, 0.3) is 0 Å². The molecule has 3 aromatic carbocycles. The average Bonchev–Trinajstić information content (AvgIpc) is 3.17. The van der Waals surface area contributed by atoms with Crippen molar-refractivity contribution in [2.24, 2.45) is 15.7 Å². The first-order chi connectivity index (χ1) is 26.2. The van der Waals surface area contributed by atoms with Crippen LogP contribution < -0.4 is 19.9 Å². The first-order valence-electron chi connectivity index (χ1n) is 17.4. The Kier molecular flexibility index (Phi) is 16.4.